The van der Waals surface area contributed by atoms with Gasteiger partial charge < -0.3 is 15.0 Å². The smallest absolute Gasteiger partial charge is 0.255 e. The summed E-state index contributed by atoms with van der Waals surface area (Å²) in [6, 6.07) is 23.4. The number of imidazole rings is 1. The minimum atomic E-state index is -0.190. The van der Waals surface area contributed by atoms with E-state index in [1.807, 2.05) is 85.1 Å². The van der Waals surface area contributed by atoms with Gasteiger partial charge in [-0.1, -0.05) is 48.5 Å². The lowest BCUT2D eigenvalue weighted by atomic mass is 10.1. The van der Waals surface area contributed by atoms with Gasteiger partial charge in [-0.3, -0.25) is 4.79 Å². The van der Waals surface area contributed by atoms with Crippen LogP contribution in [0.25, 0.3) is 22.7 Å². The summed E-state index contributed by atoms with van der Waals surface area (Å²) in [4.78, 5) is 22.1. The van der Waals surface area contributed by atoms with Crippen molar-refractivity contribution in [3.8, 4) is 5.75 Å². The van der Waals surface area contributed by atoms with Crippen LogP contribution in [0.4, 0.5) is 0 Å². The van der Waals surface area contributed by atoms with Gasteiger partial charge in [-0.25, -0.2) is 4.98 Å². The maximum Gasteiger partial charge on any atom is 0.255 e. The van der Waals surface area contributed by atoms with E-state index in [1.165, 1.54) is 0 Å². The molecule has 0 unspecified atom stereocenters. The highest BCUT2D eigenvalue weighted by atomic mass is 32.2. The van der Waals surface area contributed by atoms with Gasteiger partial charge in [-0.05, 0) is 47.7 Å². The quantitative estimate of drug-likeness (QED) is 0.315. The lowest BCUT2D eigenvalue weighted by molar-refractivity contribution is -0.115. The Balaban J connectivity index is 1.71. The summed E-state index contributed by atoms with van der Waals surface area (Å²) in [5.74, 6) is 1.15. The first kappa shape index (κ1) is 20.8. The van der Waals surface area contributed by atoms with Gasteiger partial charge >= 0.3 is 0 Å². The molecule has 5 nitrogen and oxygen atoms in total. The molecule has 0 radical (unpaired) electrons. The van der Waals surface area contributed by atoms with Crippen LogP contribution in [0.5, 0.6) is 5.75 Å². The Morgan fingerprint density at radius 2 is 1.87 bits per heavy atom. The third-order valence-corrected chi connectivity index (χ3v) is 5.66. The molecular formula is C25H23N3O2S. The van der Waals surface area contributed by atoms with Crippen LogP contribution in [-0.4, -0.2) is 29.2 Å². The number of H-pyrrole nitrogens is 1. The number of amides is 1. The van der Waals surface area contributed by atoms with E-state index in [2.05, 4.69) is 15.3 Å². The van der Waals surface area contributed by atoms with Crippen molar-refractivity contribution in [3.63, 3.8) is 0 Å². The second kappa shape index (κ2) is 9.53. The number of methoxy groups -OCH3 is 1. The number of ether oxygens (including phenoxy) is 1. The number of hydrogen-bond donors (Lipinski definition) is 2. The molecule has 31 heavy (non-hydrogen) atoms. The third-order valence-electron chi connectivity index (χ3n) is 4.90. The van der Waals surface area contributed by atoms with Gasteiger partial charge in [-0.2, -0.15) is 0 Å². The zero-order valence-electron chi connectivity index (χ0n) is 17.4. The molecule has 0 atom stereocenters. The van der Waals surface area contributed by atoms with Crippen LogP contribution in [0.1, 0.15) is 17.0 Å². The highest BCUT2D eigenvalue weighted by Crippen LogP contribution is 2.30. The number of nitrogens with zero attached hydrogens (tertiary/aromatic N) is 1. The molecule has 4 rings (SSSR count). The Bertz CT molecular complexity index is 1200. The lowest BCUT2D eigenvalue weighted by Gasteiger charge is -2.10. The molecule has 0 spiro atoms. The van der Waals surface area contributed by atoms with E-state index in [-0.39, 0.29) is 5.91 Å². The minimum Gasteiger partial charge on any atom is -0.496 e. The standard InChI is InChI=1S/C25H23N3O2S/c1-30-22-13-12-18(15-23(22)31-2)14-19(24-27-20-10-6-7-11-21(20)28-24)25(29)26-16-17-8-4-3-5-9-17/h3-15H,16H2,1-2H3,(H,26,29)(H,27,28)/b19-14+. The monoisotopic (exact) mass is 429 g/mol. The number of rotatable bonds is 7. The fourth-order valence-electron chi connectivity index (χ4n) is 3.30. The Hall–Kier alpha value is -3.51. The van der Waals surface area contributed by atoms with Gasteiger partial charge in [0.05, 0.1) is 23.7 Å². The molecule has 3 aromatic carbocycles. The maximum absolute atomic E-state index is 13.2. The van der Waals surface area contributed by atoms with Gasteiger partial charge in [0.25, 0.3) is 5.91 Å². The molecule has 0 aliphatic rings. The number of aromatic nitrogens is 2. The summed E-state index contributed by atoms with van der Waals surface area (Å²) in [5.41, 5.74) is 4.12. The summed E-state index contributed by atoms with van der Waals surface area (Å²) in [6.07, 6.45) is 3.86. The van der Waals surface area contributed by atoms with Crippen molar-refractivity contribution >= 4 is 40.4 Å². The van der Waals surface area contributed by atoms with Crippen molar-refractivity contribution in [2.24, 2.45) is 0 Å². The van der Waals surface area contributed by atoms with Gasteiger partial charge in [-0.15, -0.1) is 11.8 Å². The summed E-state index contributed by atoms with van der Waals surface area (Å²) < 4.78 is 5.42. The molecule has 1 heterocycles. The number of benzene rings is 3. The summed E-state index contributed by atoms with van der Waals surface area (Å²) >= 11 is 1.60. The first-order valence-electron chi connectivity index (χ1n) is 9.89. The predicted molar refractivity (Wildman–Crippen MR) is 127 cm³/mol. The number of carbonyl (C=O) groups is 1. The summed E-state index contributed by atoms with van der Waals surface area (Å²) in [7, 11) is 1.65. The topological polar surface area (TPSA) is 67.0 Å². The molecule has 156 valence electrons. The normalized spacial score (nSPS) is 11.5. The summed E-state index contributed by atoms with van der Waals surface area (Å²) in [6.45, 7) is 0.440. The Labute approximate surface area is 185 Å². The maximum atomic E-state index is 13.2. The molecule has 0 bridgehead atoms. The molecule has 6 heteroatoms. The van der Waals surface area contributed by atoms with E-state index in [9.17, 15) is 4.79 Å². The number of hydrogen-bond acceptors (Lipinski definition) is 4. The van der Waals surface area contributed by atoms with E-state index in [0.717, 1.165) is 32.8 Å². The Morgan fingerprint density at radius 1 is 1.10 bits per heavy atom. The van der Waals surface area contributed by atoms with Gasteiger partial charge in [0.2, 0.25) is 0 Å². The molecule has 0 saturated carbocycles. The molecule has 0 aliphatic carbocycles. The second-order valence-corrected chi connectivity index (χ2v) is 7.79. The van der Waals surface area contributed by atoms with Crippen LogP contribution >= 0.6 is 11.8 Å². The molecule has 0 fully saturated rings. The van der Waals surface area contributed by atoms with E-state index in [0.29, 0.717) is 17.9 Å². The van der Waals surface area contributed by atoms with Crippen molar-refractivity contribution < 1.29 is 9.53 Å². The molecule has 0 saturated heterocycles. The number of thioether (sulfide) groups is 1. The number of nitrogens with one attached hydrogen (secondary N) is 2. The average Bonchev–Trinajstić information content (AvgIpc) is 3.25. The highest BCUT2D eigenvalue weighted by molar-refractivity contribution is 7.98. The molecule has 1 aromatic heterocycles. The highest BCUT2D eigenvalue weighted by Gasteiger charge is 2.17. The minimum absolute atomic E-state index is 0.190. The molecule has 2 N–H and O–H groups in total. The van der Waals surface area contributed by atoms with E-state index in [4.69, 9.17) is 4.74 Å². The van der Waals surface area contributed by atoms with Crippen LogP contribution in [0.3, 0.4) is 0 Å². The average molecular weight is 430 g/mol. The van der Waals surface area contributed by atoms with Crippen molar-refractivity contribution in [1.82, 2.24) is 15.3 Å². The van der Waals surface area contributed by atoms with Crippen LogP contribution in [-0.2, 0) is 11.3 Å². The fourth-order valence-corrected chi connectivity index (χ4v) is 3.91. The van der Waals surface area contributed by atoms with Crippen molar-refractivity contribution in [3.05, 3.63) is 89.7 Å². The number of fused-ring (bicyclic) bond motifs is 1. The van der Waals surface area contributed by atoms with Gasteiger partial charge in [0.1, 0.15) is 11.6 Å². The molecule has 0 aliphatic heterocycles. The molecule has 1 amide bonds. The van der Waals surface area contributed by atoms with E-state index >= 15 is 0 Å². The van der Waals surface area contributed by atoms with E-state index < -0.39 is 0 Å². The Kier molecular flexibility index (Phi) is 6.38. The number of para-hydroxylation sites is 2. The van der Waals surface area contributed by atoms with Crippen LogP contribution in [0, 0.1) is 0 Å². The first-order chi connectivity index (χ1) is 15.2. The third kappa shape index (κ3) is 4.81. The van der Waals surface area contributed by atoms with E-state index in [1.54, 1.807) is 18.9 Å². The predicted octanol–water partition coefficient (Wildman–Crippen LogP) is 5.15. The number of carbonyl (C=O) groups excluding carboxylic acids is 1. The zero-order valence-corrected chi connectivity index (χ0v) is 18.2. The largest absolute Gasteiger partial charge is 0.496 e. The van der Waals surface area contributed by atoms with Crippen LogP contribution in [0.15, 0.2) is 77.7 Å². The Morgan fingerprint density at radius 3 is 2.61 bits per heavy atom. The fraction of sp³-hybridized carbons (Fsp3) is 0.120. The van der Waals surface area contributed by atoms with Crippen molar-refractivity contribution in [1.29, 1.82) is 0 Å². The van der Waals surface area contributed by atoms with Gasteiger partial charge in [0.15, 0.2) is 0 Å². The second-order valence-electron chi connectivity index (χ2n) is 6.94. The molecule has 4 aromatic rings. The van der Waals surface area contributed by atoms with Crippen LogP contribution in [0.2, 0.25) is 0 Å². The molecular weight excluding hydrogens is 406 g/mol. The van der Waals surface area contributed by atoms with Crippen molar-refractivity contribution in [2.75, 3.05) is 13.4 Å². The number of aromatic amines is 1. The zero-order chi connectivity index (χ0) is 21.6. The lowest BCUT2D eigenvalue weighted by Crippen LogP contribution is -2.24. The van der Waals surface area contributed by atoms with Crippen molar-refractivity contribution in [2.45, 2.75) is 11.4 Å². The first-order valence-corrected chi connectivity index (χ1v) is 11.1. The van der Waals surface area contributed by atoms with Crippen LogP contribution < -0.4 is 10.1 Å². The van der Waals surface area contributed by atoms with Gasteiger partial charge in [0, 0.05) is 11.4 Å². The SMILES string of the molecule is COc1ccc(/C=C(/C(=O)NCc2ccccc2)c2nc3ccccc3[nH]2)cc1SC. The summed E-state index contributed by atoms with van der Waals surface area (Å²) in [5, 5.41) is 3.02.